The molecule has 2 aromatic carbocycles. The molecule has 0 saturated carbocycles. The molecule has 0 amide bonds. The second-order valence-electron chi connectivity index (χ2n) is 4.79. The van der Waals surface area contributed by atoms with Crippen LogP contribution in [0.4, 0.5) is 35.1 Å². The highest BCUT2D eigenvalue weighted by molar-refractivity contribution is 9.10. The minimum atomic E-state index is -4.73. The minimum Gasteiger partial charge on any atom is -0.478 e. The number of benzene rings is 2. The highest BCUT2D eigenvalue weighted by atomic mass is 79.9. The maximum Gasteiger partial charge on any atom is 0.417 e. The van der Waals surface area contributed by atoms with Gasteiger partial charge in [-0.3, -0.25) is 0 Å². The first-order chi connectivity index (χ1) is 13.6. The van der Waals surface area contributed by atoms with Crippen molar-refractivity contribution in [2.24, 2.45) is 0 Å². The van der Waals surface area contributed by atoms with E-state index in [0.29, 0.717) is 18.2 Å². The molecule has 0 atom stereocenters. The van der Waals surface area contributed by atoms with Crippen LogP contribution in [0.1, 0.15) is 21.5 Å². The number of rotatable bonds is 1. The normalized spacial score (nSPS) is 10.7. The predicted molar refractivity (Wildman–Crippen MR) is 90.2 cm³/mol. The number of carboxylic acids is 1. The molecule has 0 fully saturated rings. The molecule has 0 radical (unpaired) electrons. The summed E-state index contributed by atoms with van der Waals surface area (Å²) in [6, 6.07) is 3.19. The lowest BCUT2D eigenvalue weighted by Crippen LogP contribution is -2.11. The molecule has 2 aromatic rings. The van der Waals surface area contributed by atoms with Crippen molar-refractivity contribution in [1.82, 2.24) is 0 Å². The molecule has 0 aliphatic heterocycles. The largest absolute Gasteiger partial charge is 0.478 e. The summed E-state index contributed by atoms with van der Waals surface area (Å²) in [7, 11) is 0. The van der Waals surface area contributed by atoms with E-state index in [1.165, 1.54) is 0 Å². The van der Waals surface area contributed by atoms with E-state index >= 15 is 0 Å². The molecule has 4 nitrogen and oxygen atoms in total. The summed E-state index contributed by atoms with van der Waals surface area (Å²) in [5.41, 5.74) is -3.12. The third-order valence-corrected chi connectivity index (χ3v) is 4.33. The number of alkyl halides is 6. The molecular weight excluding hydrogens is 568 g/mol. The number of halogens is 10. The molecule has 0 bridgehead atoms. The molecule has 14 heteroatoms. The van der Waals surface area contributed by atoms with Crippen molar-refractivity contribution in [3.8, 4) is 0 Å². The summed E-state index contributed by atoms with van der Waals surface area (Å²) in [6.07, 6.45) is -8.91. The van der Waals surface area contributed by atoms with Crippen LogP contribution in [-0.2, 0) is 21.9 Å². The fraction of sp³-hybridized carbons (Fsp3) is 0.125. The van der Waals surface area contributed by atoms with Crippen LogP contribution < -0.4 is 0 Å². The van der Waals surface area contributed by atoms with E-state index in [2.05, 4.69) is 31.9 Å². The standard InChI is InChI=1S/C8H3BrF4O2.C7H3BrF4.CO2/c9-6-3(8(11,12)13)1-2-4(10)5(6)7(14)15;8-6-3-4(9)1-2-5(6)7(10,11)12;2-1-3/h1-2H,(H,14,15);1-3H;. The van der Waals surface area contributed by atoms with Crippen LogP contribution in [0, 0.1) is 11.6 Å². The van der Waals surface area contributed by atoms with E-state index in [1.807, 2.05) is 0 Å². The van der Waals surface area contributed by atoms with Gasteiger partial charge in [0.1, 0.15) is 17.2 Å². The van der Waals surface area contributed by atoms with Crippen molar-refractivity contribution < 1.29 is 54.6 Å². The summed E-state index contributed by atoms with van der Waals surface area (Å²) in [5, 5.41) is 8.50. The Morgan fingerprint density at radius 2 is 1.30 bits per heavy atom. The van der Waals surface area contributed by atoms with Gasteiger partial charge in [-0.25, -0.2) is 13.6 Å². The molecule has 0 aromatic heterocycles. The molecule has 30 heavy (non-hydrogen) atoms. The summed E-state index contributed by atoms with van der Waals surface area (Å²) < 4.78 is 97.1. The number of hydrogen-bond donors (Lipinski definition) is 1. The molecule has 2 rings (SSSR count). The number of carbonyl (C=O) groups is 1. The second-order valence-corrected chi connectivity index (χ2v) is 6.44. The van der Waals surface area contributed by atoms with Crippen LogP contribution in [0.5, 0.6) is 0 Å². The van der Waals surface area contributed by atoms with Crippen LogP contribution in [-0.4, -0.2) is 17.2 Å². The molecule has 0 heterocycles. The fourth-order valence-electron chi connectivity index (χ4n) is 1.69. The van der Waals surface area contributed by atoms with Crippen molar-refractivity contribution in [1.29, 1.82) is 0 Å². The lowest BCUT2D eigenvalue weighted by Gasteiger charge is -2.10. The van der Waals surface area contributed by atoms with Crippen molar-refractivity contribution in [3.63, 3.8) is 0 Å². The Hall–Kier alpha value is -2.31. The zero-order chi connectivity index (χ0) is 23.9. The van der Waals surface area contributed by atoms with Gasteiger partial charge >= 0.3 is 24.5 Å². The van der Waals surface area contributed by atoms with Gasteiger partial charge in [-0.15, -0.1) is 0 Å². The van der Waals surface area contributed by atoms with Gasteiger partial charge in [0.25, 0.3) is 0 Å². The van der Waals surface area contributed by atoms with E-state index in [0.717, 1.165) is 12.1 Å². The number of aromatic carboxylic acids is 1. The van der Waals surface area contributed by atoms with Gasteiger partial charge in [-0.2, -0.15) is 35.9 Å². The Kier molecular flexibility index (Phi) is 10.3. The molecular formula is C16H6Br2F8O4. The fourth-order valence-corrected chi connectivity index (χ4v) is 2.98. The van der Waals surface area contributed by atoms with E-state index in [-0.39, 0.29) is 10.6 Å². The SMILES string of the molecule is Fc1ccc(C(F)(F)F)c(Br)c1.O=C(O)c1c(F)ccc(C(F)(F)F)c1Br.O=C=O. The number of carbonyl (C=O) groups excluding carboxylic acids is 2. The van der Waals surface area contributed by atoms with E-state index in [9.17, 15) is 39.9 Å². The summed E-state index contributed by atoms with van der Waals surface area (Å²) in [4.78, 5) is 26.7. The summed E-state index contributed by atoms with van der Waals surface area (Å²) in [6.45, 7) is 0. The third-order valence-electron chi connectivity index (χ3n) is 2.85. The maximum absolute atomic E-state index is 12.9. The van der Waals surface area contributed by atoms with Gasteiger partial charge in [0, 0.05) is 8.95 Å². The Morgan fingerprint density at radius 3 is 1.67 bits per heavy atom. The topological polar surface area (TPSA) is 71.4 Å². The Balaban J connectivity index is 0.000000505. The predicted octanol–water partition coefficient (Wildman–Crippen LogP) is 6.33. The van der Waals surface area contributed by atoms with Crippen LogP contribution in [0.2, 0.25) is 0 Å². The number of hydrogen-bond acceptors (Lipinski definition) is 3. The first-order valence-electron chi connectivity index (χ1n) is 6.87. The molecule has 0 unspecified atom stereocenters. The third kappa shape index (κ3) is 8.20. The van der Waals surface area contributed by atoms with Crippen molar-refractivity contribution >= 4 is 44.0 Å². The Morgan fingerprint density at radius 1 is 0.867 bits per heavy atom. The summed E-state index contributed by atoms with van der Waals surface area (Å²) >= 11 is 5.05. The quantitative estimate of drug-likeness (QED) is 0.405. The van der Waals surface area contributed by atoms with Crippen LogP contribution in [0.15, 0.2) is 39.3 Å². The first-order valence-corrected chi connectivity index (χ1v) is 8.46. The van der Waals surface area contributed by atoms with Crippen molar-refractivity contribution in [2.45, 2.75) is 12.4 Å². The molecule has 0 aliphatic rings. The second kappa shape index (κ2) is 11.2. The Bertz CT molecular complexity index is 936. The van der Waals surface area contributed by atoms with Gasteiger partial charge in [0.2, 0.25) is 0 Å². The first kappa shape index (κ1) is 27.7. The lowest BCUT2D eigenvalue weighted by molar-refractivity contribution is -0.191. The average molecular weight is 574 g/mol. The van der Waals surface area contributed by atoms with E-state index < -0.39 is 51.1 Å². The summed E-state index contributed by atoms with van der Waals surface area (Å²) in [5.74, 6) is -3.68. The van der Waals surface area contributed by atoms with E-state index in [1.54, 1.807) is 0 Å². The Labute approximate surface area is 178 Å². The van der Waals surface area contributed by atoms with Crippen LogP contribution in [0.25, 0.3) is 0 Å². The minimum absolute atomic E-state index is 0.250. The van der Waals surface area contributed by atoms with Crippen molar-refractivity contribution in [2.75, 3.05) is 0 Å². The molecule has 164 valence electrons. The lowest BCUT2D eigenvalue weighted by atomic mass is 10.1. The smallest absolute Gasteiger partial charge is 0.417 e. The molecule has 0 aliphatic carbocycles. The van der Waals surface area contributed by atoms with Gasteiger partial charge in [-0.05, 0) is 46.3 Å². The van der Waals surface area contributed by atoms with Crippen LogP contribution >= 0.6 is 31.9 Å². The number of carboxylic acid groups (broad SMARTS) is 1. The maximum atomic E-state index is 12.9. The van der Waals surface area contributed by atoms with Gasteiger partial charge < -0.3 is 5.11 Å². The average Bonchev–Trinajstić information content (AvgIpc) is 2.53. The zero-order valence-electron chi connectivity index (χ0n) is 13.8. The monoisotopic (exact) mass is 572 g/mol. The highest BCUT2D eigenvalue weighted by Crippen LogP contribution is 2.37. The van der Waals surface area contributed by atoms with E-state index in [4.69, 9.17) is 14.7 Å². The van der Waals surface area contributed by atoms with Gasteiger partial charge in [0.05, 0.1) is 11.1 Å². The van der Waals surface area contributed by atoms with Crippen molar-refractivity contribution in [3.05, 3.63) is 67.6 Å². The molecule has 0 spiro atoms. The molecule has 1 N–H and O–H groups in total. The van der Waals surface area contributed by atoms with Gasteiger partial charge in [0.15, 0.2) is 0 Å². The molecule has 0 saturated heterocycles. The van der Waals surface area contributed by atoms with Crippen LogP contribution in [0.3, 0.4) is 0 Å². The highest BCUT2D eigenvalue weighted by Gasteiger charge is 2.35. The van der Waals surface area contributed by atoms with Gasteiger partial charge in [-0.1, -0.05) is 15.9 Å². The zero-order valence-corrected chi connectivity index (χ0v) is 17.0.